The topological polar surface area (TPSA) is 39.4 Å². The molecule has 2 aromatic carbocycles. The van der Waals surface area contributed by atoms with E-state index in [0.29, 0.717) is 23.1 Å². The van der Waals surface area contributed by atoms with Crippen LogP contribution < -0.4 is 10.2 Å². The van der Waals surface area contributed by atoms with Gasteiger partial charge in [0.25, 0.3) is 0 Å². The number of ether oxygens (including phenoxy) is 1. The lowest BCUT2D eigenvalue weighted by molar-refractivity contribution is 0.310. The van der Waals surface area contributed by atoms with E-state index in [0.717, 1.165) is 34.0 Å². The second-order valence-corrected chi connectivity index (χ2v) is 7.10. The quantitative estimate of drug-likeness (QED) is 0.352. The molecule has 24 heavy (non-hydrogen) atoms. The summed E-state index contributed by atoms with van der Waals surface area (Å²) < 4.78 is 12.3. The Labute approximate surface area is 156 Å². The normalized spacial score (nSPS) is 10.9. The van der Waals surface area contributed by atoms with Gasteiger partial charge in [0, 0.05) is 15.9 Å². The zero-order valence-corrected chi connectivity index (χ0v) is 16.1. The SMILES string of the molecule is O=c1c(-c2ccc(Br)cc2)coc2cc(OCCCCBr)ccc12. The smallest absolute Gasteiger partial charge is 0.200 e. The molecule has 0 atom stereocenters. The summed E-state index contributed by atoms with van der Waals surface area (Å²) >= 11 is 6.79. The van der Waals surface area contributed by atoms with Gasteiger partial charge in [-0.3, -0.25) is 4.79 Å². The van der Waals surface area contributed by atoms with Gasteiger partial charge in [0.2, 0.25) is 0 Å². The number of rotatable bonds is 6. The zero-order valence-electron chi connectivity index (χ0n) is 12.9. The van der Waals surface area contributed by atoms with Crippen LogP contribution in [0.4, 0.5) is 0 Å². The van der Waals surface area contributed by atoms with Crippen LogP contribution >= 0.6 is 31.9 Å². The predicted octanol–water partition coefficient (Wildman–Crippen LogP) is 5.78. The van der Waals surface area contributed by atoms with Crippen molar-refractivity contribution >= 4 is 42.8 Å². The molecule has 0 saturated carbocycles. The van der Waals surface area contributed by atoms with Crippen molar-refractivity contribution in [2.45, 2.75) is 12.8 Å². The number of unbranched alkanes of at least 4 members (excludes halogenated alkanes) is 1. The summed E-state index contributed by atoms with van der Waals surface area (Å²) in [4.78, 5) is 12.7. The first-order valence-electron chi connectivity index (χ1n) is 7.69. The van der Waals surface area contributed by atoms with Crippen molar-refractivity contribution in [1.29, 1.82) is 0 Å². The molecule has 3 aromatic rings. The second-order valence-electron chi connectivity index (χ2n) is 5.39. The molecule has 124 valence electrons. The Morgan fingerprint density at radius 1 is 1.04 bits per heavy atom. The summed E-state index contributed by atoms with van der Waals surface area (Å²) in [5, 5.41) is 1.53. The molecule has 0 fully saturated rings. The molecule has 0 spiro atoms. The minimum atomic E-state index is -0.0376. The van der Waals surface area contributed by atoms with Crippen molar-refractivity contribution in [3.8, 4) is 16.9 Å². The number of hydrogen-bond donors (Lipinski definition) is 0. The van der Waals surface area contributed by atoms with Crippen LogP contribution in [0.2, 0.25) is 0 Å². The first-order chi connectivity index (χ1) is 11.7. The van der Waals surface area contributed by atoms with E-state index in [1.54, 1.807) is 12.1 Å². The van der Waals surface area contributed by atoms with Crippen LogP contribution in [0.25, 0.3) is 22.1 Å². The Morgan fingerprint density at radius 2 is 1.83 bits per heavy atom. The average molecular weight is 452 g/mol. The standard InChI is InChI=1S/C19H16Br2O3/c20-9-1-2-10-23-15-7-8-16-18(11-15)24-12-17(19(16)22)13-3-5-14(21)6-4-13/h3-8,11-12H,1-2,9-10H2. The van der Waals surface area contributed by atoms with Gasteiger partial charge in [-0.1, -0.05) is 44.0 Å². The van der Waals surface area contributed by atoms with Crippen LogP contribution in [0.15, 0.2) is 62.4 Å². The molecule has 1 aromatic heterocycles. The van der Waals surface area contributed by atoms with Crippen molar-refractivity contribution in [3.05, 3.63) is 63.4 Å². The molecule has 3 rings (SSSR count). The molecule has 0 radical (unpaired) electrons. The Bertz CT molecular complexity index is 885. The van der Waals surface area contributed by atoms with Crippen molar-refractivity contribution in [1.82, 2.24) is 0 Å². The van der Waals surface area contributed by atoms with E-state index in [-0.39, 0.29) is 5.43 Å². The van der Waals surface area contributed by atoms with E-state index in [1.807, 2.05) is 30.3 Å². The van der Waals surface area contributed by atoms with Gasteiger partial charge in [-0.15, -0.1) is 0 Å². The number of alkyl halides is 1. The molecule has 0 amide bonds. The summed E-state index contributed by atoms with van der Waals surface area (Å²) in [5.41, 5.74) is 1.90. The Balaban J connectivity index is 1.89. The molecule has 0 unspecified atom stereocenters. The van der Waals surface area contributed by atoms with Crippen LogP contribution in [0, 0.1) is 0 Å². The third-order valence-electron chi connectivity index (χ3n) is 3.70. The van der Waals surface area contributed by atoms with E-state index in [1.165, 1.54) is 6.26 Å². The highest BCUT2D eigenvalue weighted by atomic mass is 79.9. The van der Waals surface area contributed by atoms with Gasteiger partial charge in [0.05, 0.1) is 17.6 Å². The fraction of sp³-hybridized carbons (Fsp3) is 0.211. The summed E-state index contributed by atoms with van der Waals surface area (Å²) in [5.74, 6) is 0.719. The summed E-state index contributed by atoms with van der Waals surface area (Å²) in [7, 11) is 0. The highest BCUT2D eigenvalue weighted by molar-refractivity contribution is 9.10. The fourth-order valence-corrected chi connectivity index (χ4v) is 3.07. The van der Waals surface area contributed by atoms with E-state index < -0.39 is 0 Å². The first kappa shape index (κ1) is 17.2. The lowest BCUT2D eigenvalue weighted by atomic mass is 10.1. The molecule has 0 aliphatic rings. The Hall–Kier alpha value is -1.59. The van der Waals surface area contributed by atoms with Gasteiger partial charge in [-0.05, 0) is 42.7 Å². The zero-order chi connectivity index (χ0) is 16.9. The maximum absolute atomic E-state index is 12.7. The minimum Gasteiger partial charge on any atom is -0.493 e. The number of hydrogen-bond acceptors (Lipinski definition) is 3. The minimum absolute atomic E-state index is 0.0376. The Kier molecular flexibility index (Phi) is 5.74. The first-order valence-corrected chi connectivity index (χ1v) is 9.61. The average Bonchev–Trinajstić information content (AvgIpc) is 2.60. The van der Waals surface area contributed by atoms with E-state index in [2.05, 4.69) is 31.9 Å². The van der Waals surface area contributed by atoms with Crippen molar-refractivity contribution < 1.29 is 9.15 Å². The Morgan fingerprint density at radius 3 is 2.58 bits per heavy atom. The molecule has 5 heteroatoms. The molecule has 0 bridgehead atoms. The van der Waals surface area contributed by atoms with Gasteiger partial charge < -0.3 is 9.15 Å². The maximum Gasteiger partial charge on any atom is 0.200 e. The largest absolute Gasteiger partial charge is 0.493 e. The molecule has 0 N–H and O–H groups in total. The number of benzene rings is 2. The third kappa shape index (κ3) is 3.90. The molecule has 1 heterocycles. The van der Waals surface area contributed by atoms with Gasteiger partial charge in [0.1, 0.15) is 17.6 Å². The molecular formula is C19H16Br2O3. The lowest BCUT2D eigenvalue weighted by Gasteiger charge is -2.07. The third-order valence-corrected chi connectivity index (χ3v) is 4.79. The summed E-state index contributed by atoms with van der Waals surface area (Å²) in [6, 6.07) is 13.0. The van der Waals surface area contributed by atoms with Gasteiger partial charge in [-0.2, -0.15) is 0 Å². The predicted molar refractivity (Wildman–Crippen MR) is 104 cm³/mol. The van der Waals surface area contributed by atoms with Gasteiger partial charge in [0.15, 0.2) is 5.43 Å². The molecule has 0 aliphatic carbocycles. The monoisotopic (exact) mass is 450 g/mol. The fourth-order valence-electron chi connectivity index (χ4n) is 2.41. The molecule has 0 saturated heterocycles. The van der Waals surface area contributed by atoms with Crippen LogP contribution in [0.1, 0.15) is 12.8 Å². The molecular weight excluding hydrogens is 436 g/mol. The highest BCUT2D eigenvalue weighted by Gasteiger charge is 2.10. The van der Waals surface area contributed by atoms with Crippen LogP contribution in [-0.4, -0.2) is 11.9 Å². The lowest BCUT2D eigenvalue weighted by Crippen LogP contribution is -2.05. The highest BCUT2D eigenvalue weighted by Crippen LogP contribution is 2.24. The van der Waals surface area contributed by atoms with Crippen LogP contribution in [0.5, 0.6) is 5.75 Å². The van der Waals surface area contributed by atoms with Crippen molar-refractivity contribution in [2.75, 3.05) is 11.9 Å². The molecule has 3 nitrogen and oxygen atoms in total. The summed E-state index contributed by atoms with van der Waals surface area (Å²) in [6.07, 6.45) is 3.57. The van der Waals surface area contributed by atoms with E-state index in [4.69, 9.17) is 9.15 Å². The second kappa shape index (κ2) is 7.99. The van der Waals surface area contributed by atoms with Crippen molar-refractivity contribution in [3.63, 3.8) is 0 Å². The maximum atomic E-state index is 12.7. The number of halogens is 2. The summed E-state index contributed by atoms with van der Waals surface area (Å²) in [6.45, 7) is 0.651. The van der Waals surface area contributed by atoms with Crippen LogP contribution in [0.3, 0.4) is 0 Å². The van der Waals surface area contributed by atoms with Crippen LogP contribution in [-0.2, 0) is 0 Å². The van der Waals surface area contributed by atoms with E-state index in [9.17, 15) is 4.79 Å². The number of fused-ring (bicyclic) bond motifs is 1. The van der Waals surface area contributed by atoms with Crippen molar-refractivity contribution in [2.24, 2.45) is 0 Å². The van der Waals surface area contributed by atoms with E-state index >= 15 is 0 Å². The molecule has 0 aliphatic heterocycles. The van der Waals surface area contributed by atoms with Gasteiger partial charge in [-0.25, -0.2) is 0 Å². The van der Waals surface area contributed by atoms with Gasteiger partial charge >= 0.3 is 0 Å².